The van der Waals surface area contributed by atoms with Crippen molar-refractivity contribution in [1.29, 1.82) is 0 Å². The lowest BCUT2D eigenvalue weighted by atomic mass is 10.1. The predicted octanol–water partition coefficient (Wildman–Crippen LogP) is 3.18. The monoisotopic (exact) mass is 257 g/mol. The molecule has 0 aliphatic carbocycles. The van der Waals surface area contributed by atoms with Crippen LogP contribution in [-0.2, 0) is 4.79 Å². The molecule has 18 heavy (non-hydrogen) atoms. The average Bonchev–Trinajstić information content (AvgIpc) is 2.29. The number of aliphatic carboxylic acids is 1. The van der Waals surface area contributed by atoms with Crippen molar-refractivity contribution < 1.29 is 23.1 Å². The van der Waals surface area contributed by atoms with Crippen LogP contribution >= 0.6 is 0 Å². The van der Waals surface area contributed by atoms with Gasteiger partial charge in [-0.25, -0.2) is 4.79 Å². The second-order valence-corrected chi connectivity index (χ2v) is 3.42. The smallest absolute Gasteiger partial charge is 0.475 e. The van der Waals surface area contributed by atoms with Gasteiger partial charge < -0.3 is 5.11 Å². The van der Waals surface area contributed by atoms with Crippen LogP contribution in [0.25, 0.3) is 10.8 Å². The first kappa shape index (κ1) is 14.0. The fraction of sp³-hybridized carbons (Fsp3) is 0.167. The van der Waals surface area contributed by atoms with Crippen molar-refractivity contribution in [2.45, 2.75) is 13.1 Å². The Morgan fingerprint density at radius 1 is 1.22 bits per heavy atom. The number of aromatic nitrogens is 1. The fourth-order valence-electron chi connectivity index (χ4n) is 1.27. The van der Waals surface area contributed by atoms with E-state index in [1.807, 2.05) is 31.3 Å². The summed E-state index contributed by atoms with van der Waals surface area (Å²) in [4.78, 5) is 13.1. The molecule has 6 heteroatoms. The Morgan fingerprint density at radius 2 is 1.78 bits per heavy atom. The maximum Gasteiger partial charge on any atom is 0.490 e. The normalized spacial score (nSPS) is 10.7. The van der Waals surface area contributed by atoms with Crippen LogP contribution in [-0.4, -0.2) is 22.2 Å². The SMILES string of the molecule is Cc1nccc2ccccc12.O=C(O)C(F)(F)F. The van der Waals surface area contributed by atoms with E-state index in [0.717, 1.165) is 5.69 Å². The van der Waals surface area contributed by atoms with E-state index in [4.69, 9.17) is 9.90 Å². The number of alkyl halides is 3. The summed E-state index contributed by atoms with van der Waals surface area (Å²) in [6.07, 6.45) is -3.24. The van der Waals surface area contributed by atoms with Crippen LogP contribution in [0.2, 0.25) is 0 Å². The zero-order chi connectivity index (χ0) is 13.8. The molecule has 1 aromatic heterocycles. The fourth-order valence-corrected chi connectivity index (χ4v) is 1.27. The molecule has 0 atom stereocenters. The van der Waals surface area contributed by atoms with Crippen LogP contribution in [0.4, 0.5) is 13.2 Å². The number of nitrogens with zero attached hydrogens (tertiary/aromatic N) is 1. The maximum absolute atomic E-state index is 10.6. The number of fused-ring (bicyclic) bond motifs is 1. The molecule has 0 aliphatic heterocycles. The molecule has 96 valence electrons. The summed E-state index contributed by atoms with van der Waals surface area (Å²) in [5.41, 5.74) is 1.10. The summed E-state index contributed by atoms with van der Waals surface area (Å²) < 4.78 is 31.7. The third-order valence-corrected chi connectivity index (χ3v) is 2.12. The highest BCUT2D eigenvalue weighted by Gasteiger charge is 2.38. The van der Waals surface area contributed by atoms with E-state index in [-0.39, 0.29) is 0 Å². The van der Waals surface area contributed by atoms with Crippen LogP contribution in [0, 0.1) is 6.92 Å². The van der Waals surface area contributed by atoms with Crippen molar-refractivity contribution in [3.05, 3.63) is 42.2 Å². The summed E-state index contributed by atoms with van der Waals surface area (Å²) in [6.45, 7) is 2.03. The lowest BCUT2D eigenvalue weighted by molar-refractivity contribution is -0.192. The van der Waals surface area contributed by atoms with Gasteiger partial charge in [0.2, 0.25) is 0 Å². The van der Waals surface area contributed by atoms with Crippen LogP contribution < -0.4 is 0 Å². The van der Waals surface area contributed by atoms with E-state index < -0.39 is 12.1 Å². The van der Waals surface area contributed by atoms with Gasteiger partial charge in [-0.15, -0.1) is 0 Å². The van der Waals surface area contributed by atoms with Crippen molar-refractivity contribution >= 4 is 16.7 Å². The van der Waals surface area contributed by atoms with E-state index >= 15 is 0 Å². The van der Waals surface area contributed by atoms with Gasteiger partial charge in [0.05, 0.1) is 0 Å². The minimum atomic E-state index is -5.08. The van der Waals surface area contributed by atoms with Gasteiger partial charge in [-0.05, 0) is 18.4 Å². The van der Waals surface area contributed by atoms with Crippen LogP contribution in [0.3, 0.4) is 0 Å². The highest BCUT2D eigenvalue weighted by molar-refractivity contribution is 5.83. The Labute approximate surface area is 101 Å². The third kappa shape index (κ3) is 3.73. The van der Waals surface area contributed by atoms with Gasteiger partial charge in [0.25, 0.3) is 0 Å². The van der Waals surface area contributed by atoms with E-state index in [0.29, 0.717) is 0 Å². The molecule has 0 aliphatic rings. The third-order valence-electron chi connectivity index (χ3n) is 2.12. The molecule has 0 bridgehead atoms. The van der Waals surface area contributed by atoms with Crippen molar-refractivity contribution in [2.75, 3.05) is 0 Å². The summed E-state index contributed by atoms with van der Waals surface area (Å²) in [7, 11) is 0. The molecule has 0 amide bonds. The molecule has 0 saturated carbocycles. The van der Waals surface area contributed by atoms with Crippen molar-refractivity contribution in [3.8, 4) is 0 Å². The lowest BCUT2D eigenvalue weighted by Crippen LogP contribution is -2.21. The van der Waals surface area contributed by atoms with Gasteiger partial charge in [0, 0.05) is 17.3 Å². The minimum Gasteiger partial charge on any atom is -0.475 e. The first-order valence-corrected chi connectivity index (χ1v) is 4.93. The van der Waals surface area contributed by atoms with Crippen molar-refractivity contribution in [3.63, 3.8) is 0 Å². The van der Waals surface area contributed by atoms with Crippen LogP contribution in [0.1, 0.15) is 5.69 Å². The van der Waals surface area contributed by atoms with Gasteiger partial charge in [0.15, 0.2) is 0 Å². The molecule has 0 fully saturated rings. The topological polar surface area (TPSA) is 50.2 Å². The van der Waals surface area contributed by atoms with Gasteiger partial charge in [-0.1, -0.05) is 24.3 Å². The molecule has 1 heterocycles. The van der Waals surface area contributed by atoms with E-state index in [2.05, 4.69) is 17.1 Å². The van der Waals surface area contributed by atoms with E-state index in [9.17, 15) is 13.2 Å². The molecule has 1 N–H and O–H groups in total. The van der Waals surface area contributed by atoms with Gasteiger partial charge >= 0.3 is 12.1 Å². The Bertz CT molecular complexity index is 547. The van der Waals surface area contributed by atoms with E-state index in [1.54, 1.807) is 0 Å². The Kier molecular flexibility index (Phi) is 4.25. The van der Waals surface area contributed by atoms with Gasteiger partial charge in [-0.2, -0.15) is 13.2 Å². The Morgan fingerprint density at radius 3 is 2.28 bits per heavy atom. The second kappa shape index (κ2) is 5.48. The van der Waals surface area contributed by atoms with Crippen molar-refractivity contribution in [1.82, 2.24) is 4.98 Å². The summed E-state index contributed by atoms with van der Waals surface area (Å²) in [5.74, 6) is -2.76. The zero-order valence-electron chi connectivity index (χ0n) is 9.40. The number of rotatable bonds is 0. The lowest BCUT2D eigenvalue weighted by Gasteiger charge is -1.97. The minimum absolute atomic E-state index is 1.10. The molecule has 1 aromatic carbocycles. The molecular weight excluding hydrogens is 247 g/mol. The Hall–Kier alpha value is -2.11. The Balaban J connectivity index is 0.000000203. The predicted molar refractivity (Wildman–Crippen MR) is 60.2 cm³/mol. The molecule has 0 spiro atoms. The molecule has 0 saturated heterocycles. The van der Waals surface area contributed by atoms with Gasteiger partial charge in [-0.3, -0.25) is 4.98 Å². The number of pyridine rings is 1. The summed E-state index contributed by atoms with van der Waals surface area (Å²) in [5, 5.41) is 9.63. The van der Waals surface area contributed by atoms with Crippen molar-refractivity contribution in [2.24, 2.45) is 0 Å². The first-order chi connectivity index (χ1) is 8.32. The molecule has 2 rings (SSSR count). The molecule has 0 radical (unpaired) electrons. The number of aryl methyl sites for hydroxylation is 1. The molecule has 3 nitrogen and oxygen atoms in total. The summed E-state index contributed by atoms with van der Waals surface area (Å²) in [6, 6.07) is 10.3. The number of hydrogen-bond acceptors (Lipinski definition) is 2. The summed E-state index contributed by atoms with van der Waals surface area (Å²) >= 11 is 0. The average molecular weight is 257 g/mol. The highest BCUT2D eigenvalue weighted by atomic mass is 19.4. The van der Waals surface area contributed by atoms with Crippen LogP contribution in [0.15, 0.2) is 36.5 Å². The van der Waals surface area contributed by atoms with E-state index in [1.165, 1.54) is 10.8 Å². The number of carboxylic acids is 1. The zero-order valence-corrected chi connectivity index (χ0v) is 9.40. The second-order valence-electron chi connectivity index (χ2n) is 3.42. The first-order valence-electron chi connectivity index (χ1n) is 4.93. The number of benzene rings is 1. The highest BCUT2D eigenvalue weighted by Crippen LogP contribution is 2.14. The number of hydrogen-bond donors (Lipinski definition) is 1. The molecule has 0 unspecified atom stereocenters. The maximum atomic E-state index is 10.6. The largest absolute Gasteiger partial charge is 0.490 e. The van der Waals surface area contributed by atoms with Gasteiger partial charge in [0.1, 0.15) is 0 Å². The standard InChI is InChI=1S/C10H9N.C2HF3O2/c1-8-10-5-3-2-4-9(10)6-7-11-8;3-2(4,5)1(6)7/h2-7H,1H3;(H,6,7). The quantitative estimate of drug-likeness (QED) is 0.788. The molecule has 2 aromatic rings. The van der Waals surface area contributed by atoms with Crippen LogP contribution in [0.5, 0.6) is 0 Å². The number of carbonyl (C=O) groups is 1. The number of halogens is 3. The number of carboxylic acid groups (broad SMARTS) is 1. The molecular formula is C12H10F3NO2.